The fourth-order valence-corrected chi connectivity index (χ4v) is 3.62. The summed E-state index contributed by atoms with van der Waals surface area (Å²) in [7, 11) is 0. The minimum atomic E-state index is -1.02. The molecule has 1 aliphatic rings. The van der Waals surface area contributed by atoms with Gasteiger partial charge in [0, 0.05) is 31.7 Å². The lowest BCUT2D eigenvalue weighted by molar-refractivity contribution is -0.131. The van der Waals surface area contributed by atoms with Crippen molar-refractivity contribution in [2.45, 2.75) is 50.6 Å². The van der Waals surface area contributed by atoms with E-state index in [0.717, 1.165) is 62.2 Å². The SMILES string of the molecule is CCCc1nc(S/C(=C/c2ccc(N3CCCCCC3)o2)C(=O)O)n[nH]1. The second kappa shape index (κ2) is 8.93. The Kier molecular flexibility index (Phi) is 6.38. The Labute approximate surface area is 156 Å². The van der Waals surface area contributed by atoms with Crippen LogP contribution in [0, 0.1) is 0 Å². The van der Waals surface area contributed by atoms with Crippen LogP contribution in [-0.4, -0.2) is 39.3 Å². The van der Waals surface area contributed by atoms with E-state index in [9.17, 15) is 9.90 Å². The first-order chi connectivity index (χ1) is 12.7. The lowest BCUT2D eigenvalue weighted by Crippen LogP contribution is -2.23. The van der Waals surface area contributed by atoms with Crippen molar-refractivity contribution in [3.05, 3.63) is 28.6 Å². The van der Waals surface area contributed by atoms with Crippen LogP contribution in [0.25, 0.3) is 6.08 Å². The zero-order chi connectivity index (χ0) is 18.4. The number of aryl methyl sites for hydroxylation is 1. The molecule has 26 heavy (non-hydrogen) atoms. The molecular formula is C18H24N4O3S. The first-order valence-electron chi connectivity index (χ1n) is 9.04. The molecule has 0 atom stereocenters. The van der Waals surface area contributed by atoms with Gasteiger partial charge in [0.1, 0.15) is 16.5 Å². The number of hydrogen-bond donors (Lipinski definition) is 2. The molecule has 7 nitrogen and oxygen atoms in total. The average molecular weight is 376 g/mol. The number of nitrogens with zero attached hydrogens (tertiary/aromatic N) is 3. The smallest absolute Gasteiger partial charge is 0.342 e. The second-order valence-corrected chi connectivity index (χ2v) is 7.32. The first-order valence-corrected chi connectivity index (χ1v) is 9.86. The summed E-state index contributed by atoms with van der Waals surface area (Å²) in [6, 6.07) is 3.72. The Morgan fingerprint density at radius 3 is 2.81 bits per heavy atom. The third kappa shape index (κ3) is 4.91. The van der Waals surface area contributed by atoms with E-state index in [1.54, 1.807) is 0 Å². The number of thioether (sulfide) groups is 1. The molecule has 0 aliphatic carbocycles. The van der Waals surface area contributed by atoms with Gasteiger partial charge in [-0.25, -0.2) is 9.78 Å². The second-order valence-electron chi connectivity index (χ2n) is 6.31. The normalized spacial score (nSPS) is 15.9. The van der Waals surface area contributed by atoms with Crippen molar-refractivity contribution in [3.63, 3.8) is 0 Å². The number of rotatable bonds is 7. The number of aromatic nitrogens is 3. The number of furan rings is 1. The van der Waals surface area contributed by atoms with E-state index < -0.39 is 5.97 Å². The van der Waals surface area contributed by atoms with Crippen LogP contribution in [0.3, 0.4) is 0 Å². The summed E-state index contributed by atoms with van der Waals surface area (Å²) in [5.41, 5.74) is 0. The summed E-state index contributed by atoms with van der Waals surface area (Å²) < 4.78 is 5.87. The monoisotopic (exact) mass is 376 g/mol. The third-order valence-electron chi connectivity index (χ3n) is 4.21. The van der Waals surface area contributed by atoms with E-state index in [2.05, 4.69) is 27.0 Å². The molecule has 2 aromatic heterocycles. The first kappa shape index (κ1) is 18.6. The standard InChI is InChI=1S/C18H24N4O3S/c1-2-7-15-19-18(21-20-15)26-14(17(23)24)12-13-8-9-16(25-13)22-10-5-3-4-6-11-22/h8-9,12H,2-7,10-11H2,1H3,(H,23,24)(H,19,20,21)/b14-12+. The van der Waals surface area contributed by atoms with Crippen LogP contribution >= 0.6 is 11.8 Å². The molecule has 0 unspecified atom stereocenters. The number of hydrogen-bond acceptors (Lipinski definition) is 6. The van der Waals surface area contributed by atoms with Crippen molar-refractivity contribution < 1.29 is 14.3 Å². The van der Waals surface area contributed by atoms with E-state index in [1.807, 2.05) is 12.1 Å². The topological polar surface area (TPSA) is 95.2 Å². The Bertz CT molecular complexity index is 760. The van der Waals surface area contributed by atoms with E-state index in [0.29, 0.717) is 10.9 Å². The largest absolute Gasteiger partial charge is 0.477 e. The van der Waals surface area contributed by atoms with Gasteiger partial charge in [-0.05, 0) is 37.1 Å². The minimum Gasteiger partial charge on any atom is -0.477 e. The van der Waals surface area contributed by atoms with Crippen molar-refractivity contribution in [1.82, 2.24) is 15.2 Å². The van der Waals surface area contributed by atoms with Gasteiger partial charge in [0.25, 0.3) is 0 Å². The molecule has 0 saturated carbocycles. The quantitative estimate of drug-likeness (QED) is 0.558. The molecule has 0 radical (unpaired) electrons. The van der Waals surface area contributed by atoms with Crippen LogP contribution in [0.2, 0.25) is 0 Å². The molecule has 0 spiro atoms. The van der Waals surface area contributed by atoms with E-state index in [-0.39, 0.29) is 4.91 Å². The lowest BCUT2D eigenvalue weighted by Gasteiger charge is -2.18. The Balaban J connectivity index is 1.73. The molecule has 3 heterocycles. The zero-order valence-electron chi connectivity index (χ0n) is 14.9. The van der Waals surface area contributed by atoms with Crippen LogP contribution < -0.4 is 4.90 Å². The van der Waals surface area contributed by atoms with Crippen LogP contribution in [0.4, 0.5) is 5.88 Å². The Morgan fingerprint density at radius 2 is 2.12 bits per heavy atom. The maximum Gasteiger partial charge on any atom is 0.342 e. The predicted molar refractivity (Wildman–Crippen MR) is 101 cm³/mol. The number of aliphatic carboxylic acids is 1. The Hall–Kier alpha value is -2.22. The zero-order valence-corrected chi connectivity index (χ0v) is 15.7. The Morgan fingerprint density at radius 1 is 1.35 bits per heavy atom. The van der Waals surface area contributed by atoms with Crippen molar-refractivity contribution in [2.24, 2.45) is 0 Å². The van der Waals surface area contributed by atoms with Gasteiger partial charge in [-0.3, -0.25) is 5.10 Å². The number of carbonyl (C=O) groups is 1. The molecule has 2 aromatic rings. The highest BCUT2D eigenvalue weighted by Crippen LogP contribution is 2.28. The molecule has 0 amide bonds. The minimum absolute atomic E-state index is 0.129. The van der Waals surface area contributed by atoms with Gasteiger partial charge in [-0.15, -0.1) is 5.10 Å². The average Bonchev–Trinajstić information content (AvgIpc) is 3.17. The van der Waals surface area contributed by atoms with Gasteiger partial charge in [-0.1, -0.05) is 19.8 Å². The van der Waals surface area contributed by atoms with Crippen LogP contribution in [0.1, 0.15) is 50.6 Å². The number of carboxylic acids is 1. The van der Waals surface area contributed by atoms with Crippen molar-refractivity contribution in [2.75, 3.05) is 18.0 Å². The molecule has 8 heteroatoms. The highest BCUT2D eigenvalue weighted by Gasteiger charge is 2.16. The summed E-state index contributed by atoms with van der Waals surface area (Å²) in [5.74, 6) is 1.07. The number of anilines is 1. The molecule has 0 bridgehead atoms. The van der Waals surface area contributed by atoms with Gasteiger partial charge >= 0.3 is 5.97 Å². The number of carboxylic acid groups (broad SMARTS) is 1. The number of H-pyrrole nitrogens is 1. The van der Waals surface area contributed by atoms with Gasteiger partial charge in [0.2, 0.25) is 5.16 Å². The summed E-state index contributed by atoms with van der Waals surface area (Å²) >= 11 is 1.02. The predicted octanol–water partition coefficient (Wildman–Crippen LogP) is 3.95. The van der Waals surface area contributed by atoms with Crippen molar-refractivity contribution in [1.29, 1.82) is 0 Å². The van der Waals surface area contributed by atoms with Crippen molar-refractivity contribution >= 4 is 29.7 Å². The molecule has 2 N–H and O–H groups in total. The highest BCUT2D eigenvalue weighted by atomic mass is 32.2. The van der Waals surface area contributed by atoms with Gasteiger partial charge in [0.05, 0.1) is 0 Å². The molecule has 3 rings (SSSR count). The van der Waals surface area contributed by atoms with E-state index in [1.165, 1.54) is 18.9 Å². The van der Waals surface area contributed by atoms with Crippen LogP contribution in [0.5, 0.6) is 0 Å². The number of aromatic amines is 1. The maximum atomic E-state index is 11.6. The van der Waals surface area contributed by atoms with Gasteiger partial charge in [0.15, 0.2) is 5.88 Å². The summed E-state index contributed by atoms with van der Waals surface area (Å²) in [6.07, 6.45) is 8.09. The summed E-state index contributed by atoms with van der Waals surface area (Å²) in [5, 5.41) is 16.8. The third-order valence-corrected chi connectivity index (χ3v) is 5.09. The molecular weight excluding hydrogens is 352 g/mol. The molecule has 1 saturated heterocycles. The van der Waals surface area contributed by atoms with Crippen LogP contribution in [-0.2, 0) is 11.2 Å². The van der Waals surface area contributed by atoms with E-state index in [4.69, 9.17) is 4.42 Å². The molecule has 1 fully saturated rings. The van der Waals surface area contributed by atoms with E-state index >= 15 is 0 Å². The molecule has 140 valence electrons. The highest BCUT2D eigenvalue weighted by molar-refractivity contribution is 8.04. The van der Waals surface area contributed by atoms with Gasteiger partial charge < -0.3 is 14.4 Å². The van der Waals surface area contributed by atoms with Crippen molar-refractivity contribution in [3.8, 4) is 0 Å². The molecule has 0 aromatic carbocycles. The van der Waals surface area contributed by atoms with Gasteiger partial charge in [-0.2, -0.15) is 0 Å². The maximum absolute atomic E-state index is 11.6. The van der Waals surface area contributed by atoms with Crippen LogP contribution in [0.15, 0.2) is 26.6 Å². The number of nitrogens with one attached hydrogen (secondary N) is 1. The molecule has 1 aliphatic heterocycles. The summed E-state index contributed by atoms with van der Waals surface area (Å²) in [4.78, 5) is 18.2. The lowest BCUT2D eigenvalue weighted by atomic mass is 10.2. The fraction of sp³-hybridized carbons (Fsp3) is 0.500. The summed E-state index contributed by atoms with van der Waals surface area (Å²) in [6.45, 7) is 4.01. The fourth-order valence-electron chi connectivity index (χ4n) is 2.92.